The van der Waals surface area contributed by atoms with E-state index in [4.69, 9.17) is 4.74 Å². The maximum atomic E-state index is 12.6. The van der Waals surface area contributed by atoms with Crippen molar-refractivity contribution < 1.29 is 9.53 Å². The van der Waals surface area contributed by atoms with Crippen LogP contribution in [-0.4, -0.2) is 54.3 Å². The van der Waals surface area contributed by atoms with Crippen LogP contribution >= 0.6 is 0 Å². The van der Waals surface area contributed by atoms with Crippen LogP contribution in [0.5, 0.6) is 0 Å². The molecular formula is C19H30N4O2. The number of carbonyl (C=O) groups excluding carboxylic acids is 1. The van der Waals surface area contributed by atoms with Gasteiger partial charge < -0.3 is 19.9 Å². The average Bonchev–Trinajstić information content (AvgIpc) is 2.61. The molecule has 1 N–H and O–H groups in total. The lowest BCUT2D eigenvalue weighted by molar-refractivity contribution is 0.00948. The normalized spacial score (nSPS) is 22.0. The monoisotopic (exact) mass is 346 g/mol. The number of amides is 1. The molecule has 0 saturated carbocycles. The molecule has 0 aromatic carbocycles. The first kappa shape index (κ1) is 18.0. The first-order valence-electron chi connectivity index (χ1n) is 9.35. The zero-order valence-electron chi connectivity index (χ0n) is 15.6. The minimum Gasteiger partial charge on any atom is -0.444 e. The molecule has 0 unspecified atom stereocenters. The second-order valence-corrected chi connectivity index (χ2v) is 7.87. The molecule has 25 heavy (non-hydrogen) atoms. The Balaban J connectivity index is 1.72. The summed E-state index contributed by atoms with van der Waals surface area (Å²) in [5, 5.41) is 3.36. The summed E-state index contributed by atoms with van der Waals surface area (Å²) in [6, 6.07) is 4.27. The first-order valence-corrected chi connectivity index (χ1v) is 9.35. The van der Waals surface area contributed by atoms with Gasteiger partial charge in [0.15, 0.2) is 0 Å². The number of aromatic nitrogens is 1. The summed E-state index contributed by atoms with van der Waals surface area (Å²) in [6.45, 7) is 10.4. The molecule has 0 aliphatic carbocycles. The Morgan fingerprint density at radius 1 is 1.20 bits per heavy atom. The molecule has 1 amide bonds. The van der Waals surface area contributed by atoms with E-state index in [0.717, 1.165) is 63.4 Å². The minimum absolute atomic E-state index is 0.0631. The fourth-order valence-corrected chi connectivity index (χ4v) is 3.49. The van der Waals surface area contributed by atoms with Gasteiger partial charge in [0, 0.05) is 38.9 Å². The highest BCUT2D eigenvalue weighted by Crippen LogP contribution is 2.32. The quantitative estimate of drug-likeness (QED) is 0.892. The van der Waals surface area contributed by atoms with E-state index in [0.29, 0.717) is 0 Å². The van der Waals surface area contributed by atoms with Gasteiger partial charge in [0.2, 0.25) is 0 Å². The molecule has 1 atom stereocenters. The molecule has 1 aromatic rings. The van der Waals surface area contributed by atoms with Crippen LogP contribution < -0.4 is 10.2 Å². The van der Waals surface area contributed by atoms with Crippen LogP contribution in [0.1, 0.15) is 51.6 Å². The number of hydrogen-bond acceptors (Lipinski definition) is 5. The molecule has 0 spiro atoms. The number of pyridine rings is 1. The van der Waals surface area contributed by atoms with Gasteiger partial charge in [-0.15, -0.1) is 0 Å². The van der Waals surface area contributed by atoms with Crippen molar-refractivity contribution in [1.29, 1.82) is 0 Å². The van der Waals surface area contributed by atoms with Gasteiger partial charge in [-0.3, -0.25) is 0 Å². The predicted molar refractivity (Wildman–Crippen MR) is 98.9 cm³/mol. The van der Waals surface area contributed by atoms with E-state index in [2.05, 4.69) is 27.3 Å². The summed E-state index contributed by atoms with van der Waals surface area (Å²) in [7, 11) is 0. The van der Waals surface area contributed by atoms with E-state index >= 15 is 0 Å². The lowest BCUT2D eigenvalue weighted by atomic mass is 9.97. The van der Waals surface area contributed by atoms with Crippen LogP contribution in [-0.2, 0) is 4.74 Å². The van der Waals surface area contributed by atoms with Crippen molar-refractivity contribution in [2.24, 2.45) is 0 Å². The Hall–Kier alpha value is -1.82. The highest BCUT2D eigenvalue weighted by Gasteiger charge is 2.31. The van der Waals surface area contributed by atoms with Crippen molar-refractivity contribution in [3.8, 4) is 0 Å². The van der Waals surface area contributed by atoms with Gasteiger partial charge in [0.1, 0.15) is 11.4 Å². The summed E-state index contributed by atoms with van der Waals surface area (Å²) in [6.07, 6.45) is 4.84. The van der Waals surface area contributed by atoms with Crippen LogP contribution in [0.15, 0.2) is 18.3 Å². The third-order valence-corrected chi connectivity index (χ3v) is 4.73. The second-order valence-electron chi connectivity index (χ2n) is 7.87. The van der Waals surface area contributed by atoms with Crippen LogP contribution in [0, 0.1) is 0 Å². The number of likely N-dealkylation sites (tertiary alicyclic amines) is 1. The first-order chi connectivity index (χ1) is 11.9. The summed E-state index contributed by atoms with van der Waals surface area (Å²) >= 11 is 0. The maximum absolute atomic E-state index is 12.6. The molecule has 3 heterocycles. The zero-order chi connectivity index (χ0) is 17.9. The lowest BCUT2D eigenvalue weighted by Gasteiger charge is -2.37. The average molecular weight is 346 g/mol. The number of rotatable bonds is 2. The molecule has 2 fully saturated rings. The Morgan fingerprint density at radius 2 is 1.96 bits per heavy atom. The molecule has 138 valence electrons. The van der Waals surface area contributed by atoms with Crippen LogP contribution in [0.4, 0.5) is 10.6 Å². The Kier molecular flexibility index (Phi) is 5.47. The van der Waals surface area contributed by atoms with E-state index in [1.807, 2.05) is 31.9 Å². The van der Waals surface area contributed by atoms with Crippen LogP contribution in [0.25, 0.3) is 0 Å². The Bertz CT molecular complexity index is 576. The number of nitrogens with one attached hydrogen (secondary N) is 1. The summed E-state index contributed by atoms with van der Waals surface area (Å²) in [4.78, 5) is 21.4. The number of ether oxygens (including phenoxy) is 1. The fraction of sp³-hybridized carbons (Fsp3) is 0.684. The van der Waals surface area contributed by atoms with E-state index in [1.54, 1.807) is 0 Å². The van der Waals surface area contributed by atoms with Gasteiger partial charge in [0.25, 0.3) is 0 Å². The van der Waals surface area contributed by atoms with Crippen molar-refractivity contribution in [2.45, 2.75) is 51.7 Å². The molecule has 0 radical (unpaired) electrons. The second kappa shape index (κ2) is 7.60. The molecule has 2 aliphatic rings. The number of hydrogen-bond donors (Lipinski definition) is 1. The van der Waals surface area contributed by atoms with Crippen LogP contribution in [0.2, 0.25) is 0 Å². The number of piperazine rings is 1. The van der Waals surface area contributed by atoms with Gasteiger partial charge in [0.05, 0.1) is 6.04 Å². The fourth-order valence-electron chi connectivity index (χ4n) is 3.49. The highest BCUT2D eigenvalue weighted by atomic mass is 16.6. The maximum Gasteiger partial charge on any atom is 0.410 e. The smallest absolute Gasteiger partial charge is 0.410 e. The van der Waals surface area contributed by atoms with Gasteiger partial charge in [-0.2, -0.15) is 0 Å². The van der Waals surface area contributed by atoms with Crippen LogP contribution in [0.3, 0.4) is 0 Å². The van der Waals surface area contributed by atoms with Crippen molar-refractivity contribution >= 4 is 11.9 Å². The molecule has 2 saturated heterocycles. The molecule has 0 bridgehead atoms. The third kappa shape index (κ3) is 4.63. The molecule has 1 aromatic heterocycles. The standard InChI is InChI=1S/C19H30N4O2/c1-19(2,3)25-18(24)23-11-5-4-6-16(23)15-7-8-17(21-14-15)22-12-9-20-10-13-22/h7-8,14,16,20H,4-6,9-13H2,1-3H3/t16-/m0/s1. The van der Waals surface area contributed by atoms with Gasteiger partial charge in [-0.05, 0) is 51.7 Å². The van der Waals surface area contributed by atoms with Crippen molar-refractivity contribution in [3.63, 3.8) is 0 Å². The van der Waals surface area contributed by atoms with Gasteiger partial charge in [-0.1, -0.05) is 6.07 Å². The number of nitrogens with zero attached hydrogens (tertiary/aromatic N) is 3. The van der Waals surface area contributed by atoms with Gasteiger partial charge >= 0.3 is 6.09 Å². The number of piperidine rings is 1. The van der Waals surface area contributed by atoms with Crippen molar-refractivity contribution in [2.75, 3.05) is 37.6 Å². The van der Waals surface area contributed by atoms with E-state index in [-0.39, 0.29) is 12.1 Å². The SMILES string of the molecule is CC(C)(C)OC(=O)N1CCCC[C@H]1c1ccc(N2CCNCC2)nc1. The number of anilines is 1. The Labute approximate surface area is 150 Å². The summed E-state index contributed by atoms with van der Waals surface area (Å²) in [5.74, 6) is 1.02. The molecule has 6 heteroatoms. The topological polar surface area (TPSA) is 57.7 Å². The van der Waals surface area contributed by atoms with E-state index in [9.17, 15) is 4.79 Å². The molecular weight excluding hydrogens is 316 g/mol. The summed E-state index contributed by atoms with van der Waals surface area (Å²) in [5.41, 5.74) is 0.633. The largest absolute Gasteiger partial charge is 0.444 e. The van der Waals surface area contributed by atoms with E-state index in [1.165, 1.54) is 0 Å². The highest BCUT2D eigenvalue weighted by molar-refractivity contribution is 5.69. The van der Waals surface area contributed by atoms with Gasteiger partial charge in [-0.25, -0.2) is 9.78 Å². The number of carbonyl (C=O) groups is 1. The molecule has 2 aliphatic heterocycles. The lowest BCUT2D eigenvalue weighted by Crippen LogP contribution is -2.44. The minimum atomic E-state index is -0.469. The van der Waals surface area contributed by atoms with Crippen molar-refractivity contribution in [3.05, 3.63) is 23.9 Å². The predicted octanol–water partition coefficient (Wildman–Crippen LogP) is 2.95. The molecule has 3 rings (SSSR count). The summed E-state index contributed by atoms with van der Waals surface area (Å²) < 4.78 is 5.60. The third-order valence-electron chi connectivity index (χ3n) is 4.73. The Morgan fingerprint density at radius 3 is 2.60 bits per heavy atom. The molecule has 6 nitrogen and oxygen atoms in total. The van der Waals surface area contributed by atoms with E-state index < -0.39 is 5.60 Å². The zero-order valence-corrected chi connectivity index (χ0v) is 15.6. The van der Waals surface area contributed by atoms with Crippen molar-refractivity contribution in [1.82, 2.24) is 15.2 Å².